The van der Waals surface area contributed by atoms with Crippen LogP contribution < -0.4 is 16.4 Å². The van der Waals surface area contributed by atoms with E-state index in [1.807, 2.05) is 30.3 Å². The maximum atomic E-state index is 12.3. The highest BCUT2D eigenvalue weighted by Crippen LogP contribution is 2.18. The fourth-order valence-electron chi connectivity index (χ4n) is 3.16. The number of nitrogens with one attached hydrogen (secondary N) is 2. The number of allylic oxidation sites excluding steroid dienone is 1. The van der Waals surface area contributed by atoms with Gasteiger partial charge in [-0.2, -0.15) is 0 Å². The molecule has 1 aromatic heterocycles. The van der Waals surface area contributed by atoms with Crippen LogP contribution in [0.3, 0.4) is 0 Å². The molecule has 1 atom stereocenters. The molecule has 0 aliphatic carbocycles. The Kier molecular flexibility index (Phi) is 7.88. The number of pyridine rings is 1. The Morgan fingerprint density at radius 1 is 1.33 bits per heavy atom. The molecule has 30 heavy (non-hydrogen) atoms. The molecule has 1 aromatic carbocycles. The van der Waals surface area contributed by atoms with Gasteiger partial charge < -0.3 is 21.1 Å². The summed E-state index contributed by atoms with van der Waals surface area (Å²) < 4.78 is 5.37. The summed E-state index contributed by atoms with van der Waals surface area (Å²) in [6, 6.07) is 10.1. The molecule has 1 saturated heterocycles. The summed E-state index contributed by atoms with van der Waals surface area (Å²) in [5, 5.41) is 6.34. The lowest BCUT2D eigenvalue weighted by atomic mass is 10.0. The average molecular weight is 406 g/mol. The largest absolute Gasteiger partial charge is 0.404 e. The summed E-state index contributed by atoms with van der Waals surface area (Å²) in [6.45, 7) is 2.38. The van der Waals surface area contributed by atoms with Crippen LogP contribution in [0.15, 0.2) is 60.0 Å². The van der Waals surface area contributed by atoms with Gasteiger partial charge in [0.2, 0.25) is 5.91 Å². The zero-order valence-corrected chi connectivity index (χ0v) is 17.0. The highest BCUT2D eigenvalue weighted by molar-refractivity contribution is 6.11. The van der Waals surface area contributed by atoms with Gasteiger partial charge in [-0.05, 0) is 41.8 Å². The number of benzene rings is 1. The zero-order valence-electron chi connectivity index (χ0n) is 17.0. The Bertz CT molecular complexity index is 929. The van der Waals surface area contributed by atoms with E-state index in [2.05, 4.69) is 20.6 Å². The first-order valence-corrected chi connectivity index (χ1v) is 9.87. The molecule has 2 heterocycles. The van der Waals surface area contributed by atoms with E-state index in [1.165, 1.54) is 12.3 Å². The van der Waals surface area contributed by atoms with E-state index in [9.17, 15) is 4.79 Å². The molecule has 1 fully saturated rings. The van der Waals surface area contributed by atoms with E-state index >= 15 is 0 Å². The van der Waals surface area contributed by atoms with Crippen LogP contribution in [-0.2, 0) is 16.1 Å². The SMILES string of the molecule is CN=CC(=CN)c1ccncc1/C=C/C(=O)Nc1ccc(CNC2CCOC2)cc1. The third-order valence-electron chi connectivity index (χ3n) is 4.77. The normalized spacial score (nSPS) is 17.1. The number of hydrogen-bond acceptors (Lipinski definition) is 6. The van der Waals surface area contributed by atoms with Crippen molar-refractivity contribution in [2.24, 2.45) is 10.7 Å². The van der Waals surface area contributed by atoms with Crippen LogP contribution in [0, 0.1) is 0 Å². The maximum Gasteiger partial charge on any atom is 0.248 e. The van der Waals surface area contributed by atoms with E-state index in [1.54, 1.807) is 31.7 Å². The summed E-state index contributed by atoms with van der Waals surface area (Å²) in [5.41, 5.74) is 9.99. The van der Waals surface area contributed by atoms with Crippen LogP contribution in [0.5, 0.6) is 0 Å². The molecule has 2 aromatic rings. The fourth-order valence-corrected chi connectivity index (χ4v) is 3.16. The lowest BCUT2D eigenvalue weighted by molar-refractivity contribution is -0.111. The molecule has 0 bridgehead atoms. The van der Waals surface area contributed by atoms with Crippen LogP contribution in [0.25, 0.3) is 11.6 Å². The Morgan fingerprint density at radius 2 is 2.17 bits per heavy atom. The lowest BCUT2D eigenvalue weighted by Gasteiger charge is -2.11. The molecule has 0 spiro atoms. The Hall–Kier alpha value is -3.29. The van der Waals surface area contributed by atoms with Gasteiger partial charge in [0.05, 0.1) is 6.61 Å². The molecule has 4 N–H and O–H groups in total. The highest BCUT2D eigenvalue weighted by Gasteiger charge is 2.14. The standard InChI is InChI=1S/C23H27N5O2/c1-25-14-19(12-24)22-8-10-26-15-18(22)4-7-23(29)28-20-5-2-17(3-6-20)13-27-21-9-11-30-16-21/h2-8,10,12,14-15,21,27H,9,11,13,16,24H2,1H3,(H,28,29)/b7-4+,19-12?,25-14?. The third-order valence-corrected chi connectivity index (χ3v) is 4.77. The number of carbonyl (C=O) groups is 1. The predicted molar refractivity (Wildman–Crippen MR) is 121 cm³/mol. The van der Waals surface area contributed by atoms with Gasteiger partial charge in [-0.25, -0.2) is 0 Å². The first-order chi connectivity index (χ1) is 14.7. The fraction of sp³-hybridized carbons (Fsp3) is 0.261. The van der Waals surface area contributed by atoms with E-state index in [0.717, 1.165) is 54.1 Å². The smallest absolute Gasteiger partial charge is 0.248 e. The van der Waals surface area contributed by atoms with Crippen LogP contribution >= 0.6 is 0 Å². The van der Waals surface area contributed by atoms with Gasteiger partial charge in [-0.3, -0.25) is 14.8 Å². The Balaban J connectivity index is 1.58. The second kappa shape index (κ2) is 11.0. The quantitative estimate of drug-likeness (QED) is 0.463. The van der Waals surface area contributed by atoms with Crippen molar-refractivity contribution >= 4 is 29.5 Å². The van der Waals surface area contributed by atoms with Gasteiger partial charge in [0.1, 0.15) is 0 Å². The highest BCUT2D eigenvalue weighted by atomic mass is 16.5. The molecule has 0 radical (unpaired) electrons. The number of ether oxygens (including phenoxy) is 1. The molecule has 1 amide bonds. The molecule has 3 rings (SSSR count). The van der Waals surface area contributed by atoms with E-state index in [4.69, 9.17) is 10.5 Å². The molecule has 7 heteroatoms. The third kappa shape index (κ3) is 6.10. The van der Waals surface area contributed by atoms with E-state index in [0.29, 0.717) is 6.04 Å². The lowest BCUT2D eigenvalue weighted by Crippen LogP contribution is -2.28. The van der Waals surface area contributed by atoms with Gasteiger partial charge in [-0.1, -0.05) is 12.1 Å². The topological polar surface area (TPSA) is 102 Å². The minimum Gasteiger partial charge on any atom is -0.404 e. The summed E-state index contributed by atoms with van der Waals surface area (Å²) in [7, 11) is 1.68. The van der Waals surface area contributed by atoms with Crippen LogP contribution in [0.2, 0.25) is 0 Å². The number of aromatic nitrogens is 1. The zero-order chi connectivity index (χ0) is 21.2. The van der Waals surface area contributed by atoms with Crippen molar-refractivity contribution < 1.29 is 9.53 Å². The first kappa shape index (κ1) is 21.4. The maximum absolute atomic E-state index is 12.3. The van der Waals surface area contributed by atoms with Crippen LogP contribution in [0.1, 0.15) is 23.1 Å². The summed E-state index contributed by atoms with van der Waals surface area (Å²) >= 11 is 0. The number of nitrogens with zero attached hydrogens (tertiary/aromatic N) is 2. The molecule has 156 valence electrons. The van der Waals surface area contributed by atoms with Crippen molar-refractivity contribution in [1.82, 2.24) is 10.3 Å². The minimum atomic E-state index is -0.221. The summed E-state index contributed by atoms with van der Waals surface area (Å²) in [5.74, 6) is -0.221. The van der Waals surface area contributed by atoms with Crippen molar-refractivity contribution in [3.63, 3.8) is 0 Å². The van der Waals surface area contributed by atoms with Gasteiger partial charge in [0.25, 0.3) is 0 Å². The Labute approximate surface area is 176 Å². The monoisotopic (exact) mass is 405 g/mol. The second-order valence-corrected chi connectivity index (χ2v) is 6.93. The van der Waals surface area contributed by atoms with E-state index in [-0.39, 0.29) is 5.91 Å². The van der Waals surface area contributed by atoms with E-state index < -0.39 is 0 Å². The predicted octanol–water partition coefficient (Wildman–Crippen LogP) is 2.61. The van der Waals surface area contributed by atoms with Gasteiger partial charge in [0, 0.05) is 73.9 Å². The molecule has 1 aliphatic rings. The van der Waals surface area contributed by atoms with Crippen molar-refractivity contribution in [1.29, 1.82) is 0 Å². The average Bonchev–Trinajstić information content (AvgIpc) is 3.30. The first-order valence-electron chi connectivity index (χ1n) is 9.87. The van der Waals surface area contributed by atoms with Crippen molar-refractivity contribution in [2.45, 2.75) is 19.0 Å². The molecule has 1 aliphatic heterocycles. The number of rotatable bonds is 8. The molecule has 0 saturated carbocycles. The minimum absolute atomic E-state index is 0.221. The van der Waals surface area contributed by atoms with Crippen molar-refractivity contribution in [3.8, 4) is 0 Å². The van der Waals surface area contributed by atoms with Crippen molar-refractivity contribution in [2.75, 3.05) is 25.6 Å². The molecule has 7 nitrogen and oxygen atoms in total. The van der Waals surface area contributed by atoms with Gasteiger partial charge in [-0.15, -0.1) is 0 Å². The summed E-state index contributed by atoms with van der Waals surface area (Å²) in [6.07, 6.45) is 10.8. The van der Waals surface area contributed by atoms with Gasteiger partial charge in [0.15, 0.2) is 0 Å². The molecular weight excluding hydrogens is 378 g/mol. The van der Waals surface area contributed by atoms with Crippen molar-refractivity contribution in [3.05, 3.63) is 71.7 Å². The number of amides is 1. The van der Waals surface area contributed by atoms with Crippen LogP contribution in [-0.4, -0.2) is 43.4 Å². The van der Waals surface area contributed by atoms with Gasteiger partial charge >= 0.3 is 0 Å². The number of nitrogens with two attached hydrogens (primary N) is 1. The second-order valence-electron chi connectivity index (χ2n) is 6.93. The number of hydrogen-bond donors (Lipinski definition) is 3. The van der Waals surface area contributed by atoms with Crippen LogP contribution in [0.4, 0.5) is 5.69 Å². The molecule has 1 unspecified atom stereocenters. The summed E-state index contributed by atoms with van der Waals surface area (Å²) in [4.78, 5) is 20.5. The number of aliphatic imine (C=N–C) groups is 1. The number of anilines is 1. The number of carbonyl (C=O) groups excluding carboxylic acids is 1. The molecular formula is C23H27N5O2. The Morgan fingerprint density at radius 3 is 2.87 bits per heavy atom.